The maximum Gasteiger partial charge on any atom is 0.181 e. The largest absolute Gasteiger partial charge is 0.394 e. The predicted octanol–water partition coefficient (Wildman–Crippen LogP) is 1.97. The summed E-state index contributed by atoms with van der Waals surface area (Å²) in [5.74, 6) is 1.27. The Labute approximate surface area is 150 Å². The Morgan fingerprint density at radius 1 is 1.28 bits per heavy atom. The van der Waals surface area contributed by atoms with E-state index in [0.29, 0.717) is 23.2 Å². The van der Waals surface area contributed by atoms with Gasteiger partial charge >= 0.3 is 0 Å². The number of aliphatic hydroxyl groups excluding tert-OH is 1. The van der Waals surface area contributed by atoms with E-state index >= 15 is 0 Å². The van der Waals surface area contributed by atoms with Crippen molar-refractivity contribution >= 4 is 11.6 Å². The fourth-order valence-electron chi connectivity index (χ4n) is 3.10. The number of halogens is 1. The normalized spacial score (nSPS) is 14.7. The zero-order valence-electron chi connectivity index (χ0n) is 13.9. The molecule has 0 amide bonds. The molecule has 4 rings (SSSR count). The third-order valence-electron chi connectivity index (χ3n) is 4.42. The van der Waals surface area contributed by atoms with E-state index in [1.165, 1.54) is 0 Å². The highest BCUT2D eigenvalue weighted by Gasteiger charge is 2.24. The van der Waals surface area contributed by atoms with Crippen LogP contribution >= 0.6 is 11.6 Å². The van der Waals surface area contributed by atoms with Crippen LogP contribution < -0.4 is 0 Å². The number of nitrogens with zero attached hydrogens (tertiary/aromatic N) is 5. The highest BCUT2D eigenvalue weighted by Crippen LogP contribution is 2.29. The van der Waals surface area contributed by atoms with Crippen molar-refractivity contribution in [1.82, 2.24) is 29.9 Å². The Balaban J connectivity index is 1.79. The van der Waals surface area contributed by atoms with Crippen LogP contribution in [0.15, 0.2) is 24.3 Å². The number of aromatic amines is 1. The van der Waals surface area contributed by atoms with Gasteiger partial charge in [0.2, 0.25) is 0 Å². The van der Waals surface area contributed by atoms with Gasteiger partial charge in [0.15, 0.2) is 11.6 Å². The minimum atomic E-state index is -0.0110. The van der Waals surface area contributed by atoms with Crippen molar-refractivity contribution in [2.75, 3.05) is 20.2 Å². The minimum absolute atomic E-state index is 0.0110. The van der Waals surface area contributed by atoms with Crippen LogP contribution in [0.1, 0.15) is 11.3 Å². The summed E-state index contributed by atoms with van der Waals surface area (Å²) in [5, 5.41) is 22.2. The number of aliphatic hydroxyl groups is 1. The molecule has 3 aromatic rings. The summed E-state index contributed by atoms with van der Waals surface area (Å²) < 4.78 is 1.72. The number of nitrogens with one attached hydrogen (secondary N) is 1. The van der Waals surface area contributed by atoms with Crippen molar-refractivity contribution in [3.05, 3.63) is 40.5 Å². The molecule has 0 bridgehead atoms. The second-order valence-electron chi connectivity index (χ2n) is 6.23. The van der Waals surface area contributed by atoms with Crippen molar-refractivity contribution in [1.29, 1.82) is 0 Å². The van der Waals surface area contributed by atoms with Gasteiger partial charge in [0.05, 0.1) is 13.2 Å². The van der Waals surface area contributed by atoms with Gasteiger partial charge in [0.25, 0.3) is 0 Å². The van der Waals surface area contributed by atoms with Gasteiger partial charge < -0.3 is 10.0 Å². The molecule has 0 unspecified atom stereocenters. The molecule has 7 nitrogen and oxygen atoms in total. The zero-order valence-corrected chi connectivity index (χ0v) is 14.7. The first-order valence-electron chi connectivity index (χ1n) is 8.22. The van der Waals surface area contributed by atoms with E-state index < -0.39 is 0 Å². The number of hydrogen-bond acceptors (Lipinski definition) is 5. The van der Waals surface area contributed by atoms with Crippen LogP contribution in [0.3, 0.4) is 0 Å². The smallest absolute Gasteiger partial charge is 0.181 e. The van der Waals surface area contributed by atoms with Crippen LogP contribution in [0.2, 0.25) is 5.02 Å². The summed E-state index contributed by atoms with van der Waals surface area (Å²) in [7, 11) is 2.09. The Bertz CT molecular complexity index is 885. The van der Waals surface area contributed by atoms with Gasteiger partial charge in [-0.1, -0.05) is 11.6 Å². The summed E-state index contributed by atoms with van der Waals surface area (Å²) in [6, 6.07) is 7.40. The number of aromatic nitrogens is 5. The molecular weight excluding hydrogens is 340 g/mol. The van der Waals surface area contributed by atoms with Gasteiger partial charge in [-0.15, -0.1) is 0 Å². The third-order valence-corrected chi connectivity index (χ3v) is 4.67. The summed E-state index contributed by atoms with van der Waals surface area (Å²) in [6.45, 7) is 2.19. The lowest BCUT2D eigenvalue weighted by atomic mass is 10.1. The molecule has 2 N–H and O–H groups in total. The first-order valence-corrected chi connectivity index (χ1v) is 8.60. The molecule has 3 heterocycles. The number of benzene rings is 1. The Morgan fingerprint density at radius 3 is 2.84 bits per heavy atom. The van der Waals surface area contributed by atoms with E-state index in [4.69, 9.17) is 16.6 Å². The van der Waals surface area contributed by atoms with Crippen LogP contribution in [0.4, 0.5) is 0 Å². The first-order chi connectivity index (χ1) is 12.2. The van der Waals surface area contributed by atoms with Crippen molar-refractivity contribution in [2.24, 2.45) is 0 Å². The molecule has 2 aromatic heterocycles. The number of rotatable bonds is 4. The highest BCUT2D eigenvalue weighted by molar-refractivity contribution is 6.30. The molecule has 0 atom stereocenters. The molecule has 25 heavy (non-hydrogen) atoms. The maximum absolute atomic E-state index is 9.40. The Kier molecular flexibility index (Phi) is 4.29. The molecule has 0 fully saturated rings. The maximum atomic E-state index is 9.40. The quantitative estimate of drug-likeness (QED) is 0.745. The molecule has 8 heteroatoms. The van der Waals surface area contributed by atoms with Crippen LogP contribution in [-0.2, 0) is 19.5 Å². The van der Waals surface area contributed by atoms with Gasteiger partial charge in [-0.3, -0.25) is 5.10 Å². The Morgan fingerprint density at radius 2 is 2.08 bits per heavy atom. The topological polar surface area (TPSA) is 82.9 Å². The highest BCUT2D eigenvalue weighted by atomic mass is 35.5. The molecule has 0 aliphatic carbocycles. The number of likely N-dealkylation sites (N-methyl/N-ethyl adjacent to an activating group) is 1. The standard InChI is InChI=1S/C17H19ClN6O/c1-23-7-6-14-13(10-23)15(21-20-14)17-19-16(22-24(17)8-9-25)11-2-4-12(18)5-3-11/h2-5,25H,6-10H2,1H3,(H,20,21). The van der Waals surface area contributed by atoms with E-state index in [1.807, 2.05) is 24.3 Å². The van der Waals surface area contributed by atoms with Crippen LogP contribution in [0, 0.1) is 0 Å². The van der Waals surface area contributed by atoms with Crippen molar-refractivity contribution in [3.8, 4) is 22.9 Å². The monoisotopic (exact) mass is 358 g/mol. The van der Waals surface area contributed by atoms with Crippen LogP contribution in [0.25, 0.3) is 22.9 Å². The summed E-state index contributed by atoms with van der Waals surface area (Å²) in [4.78, 5) is 6.96. The van der Waals surface area contributed by atoms with Gasteiger partial charge in [-0.05, 0) is 31.3 Å². The van der Waals surface area contributed by atoms with Crippen molar-refractivity contribution in [3.63, 3.8) is 0 Å². The molecule has 130 valence electrons. The summed E-state index contributed by atoms with van der Waals surface area (Å²) in [5.41, 5.74) is 3.99. The number of H-pyrrole nitrogens is 1. The predicted molar refractivity (Wildman–Crippen MR) is 95.2 cm³/mol. The third kappa shape index (κ3) is 3.06. The molecule has 0 radical (unpaired) electrons. The molecule has 1 aliphatic heterocycles. The van der Waals surface area contributed by atoms with Crippen LogP contribution in [-0.4, -0.2) is 55.2 Å². The molecule has 1 aliphatic rings. The average molecular weight is 359 g/mol. The number of fused-ring (bicyclic) bond motifs is 1. The Hall–Kier alpha value is -2.22. The fraction of sp³-hybridized carbons (Fsp3) is 0.353. The zero-order chi connectivity index (χ0) is 17.4. The lowest BCUT2D eigenvalue weighted by molar-refractivity contribution is 0.270. The second-order valence-corrected chi connectivity index (χ2v) is 6.67. The molecular formula is C17H19ClN6O. The fourth-order valence-corrected chi connectivity index (χ4v) is 3.23. The van der Waals surface area contributed by atoms with E-state index in [2.05, 4.69) is 27.2 Å². The van der Waals surface area contributed by atoms with Crippen molar-refractivity contribution < 1.29 is 5.11 Å². The SMILES string of the molecule is CN1CCc2[nH]nc(-c3nc(-c4ccc(Cl)cc4)nn3CCO)c2C1. The summed E-state index contributed by atoms with van der Waals surface area (Å²) >= 11 is 5.96. The van der Waals surface area contributed by atoms with Crippen molar-refractivity contribution in [2.45, 2.75) is 19.5 Å². The average Bonchev–Trinajstić information content (AvgIpc) is 3.19. The van der Waals surface area contributed by atoms with E-state index in [0.717, 1.165) is 42.0 Å². The van der Waals surface area contributed by atoms with Gasteiger partial charge in [0, 0.05) is 41.4 Å². The first kappa shape index (κ1) is 16.3. The van der Waals surface area contributed by atoms with Gasteiger partial charge in [-0.2, -0.15) is 10.2 Å². The molecule has 0 saturated carbocycles. The molecule has 0 saturated heterocycles. The van der Waals surface area contributed by atoms with Gasteiger partial charge in [0.1, 0.15) is 5.69 Å². The minimum Gasteiger partial charge on any atom is -0.394 e. The summed E-state index contributed by atoms with van der Waals surface area (Å²) in [6.07, 6.45) is 0.941. The molecule has 1 aromatic carbocycles. The van der Waals surface area contributed by atoms with E-state index in [9.17, 15) is 5.11 Å². The van der Waals surface area contributed by atoms with Crippen LogP contribution in [0.5, 0.6) is 0 Å². The molecule has 0 spiro atoms. The second kappa shape index (κ2) is 6.59. The van der Waals surface area contributed by atoms with Gasteiger partial charge in [-0.25, -0.2) is 9.67 Å². The van der Waals surface area contributed by atoms with E-state index in [1.54, 1.807) is 4.68 Å². The van der Waals surface area contributed by atoms with E-state index in [-0.39, 0.29) is 6.61 Å². The number of hydrogen-bond donors (Lipinski definition) is 2. The lowest BCUT2D eigenvalue weighted by Crippen LogP contribution is -2.26. The lowest BCUT2D eigenvalue weighted by Gasteiger charge is -2.22.